The molecule has 0 N–H and O–H groups in total. The van der Waals surface area contributed by atoms with E-state index in [0.29, 0.717) is 0 Å². The maximum atomic E-state index is 3.73. The van der Waals surface area contributed by atoms with Crippen LogP contribution in [-0.4, -0.2) is 28.9 Å². The second-order valence-electron chi connectivity index (χ2n) is 3.32. The summed E-state index contributed by atoms with van der Waals surface area (Å²) in [6, 6.07) is 0. The van der Waals surface area contributed by atoms with Crippen LogP contribution >= 0.6 is 27.3 Å². The molecule has 1 nitrogen and oxygen atoms in total. The first kappa shape index (κ1) is 28.1. The van der Waals surface area contributed by atoms with E-state index in [4.69, 9.17) is 0 Å². The Bertz CT molecular complexity index is 179. The number of halogens is 1. The molecule has 0 amide bonds. The van der Waals surface area contributed by atoms with Crippen molar-refractivity contribution in [3.63, 3.8) is 0 Å². The summed E-state index contributed by atoms with van der Waals surface area (Å²) >= 11 is 4.61. The fourth-order valence-electron chi connectivity index (χ4n) is 0.171. The van der Waals surface area contributed by atoms with Crippen LogP contribution in [0.1, 0.15) is 59.3 Å². The largest absolute Gasteiger partial charge is 0.227 e. The normalized spacial score (nSPS) is 7.53. The van der Waals surface area contributed by atoms with E-state index in [-0.39, 0.29) is 23.9 Å². The molecule has 0 bridgehead atoms. The average Bonchev–Trinajstić information content (AvgIpc) is 2.90. The molecule has 1 heterocycles. The fraction of sp³-hybridized carbons (Fsp3) is 0.600. The van der Waals surface area contributed by atoms with Crippen LogP contribution < -0.4 is 0 Å². The predicted molar refractivity (Wildman–Crippen MR) is 95.2 cm³/mol. The van der Waals surface area contributed by atoms with Gasteiger partial charge in [-0.2, -0.15) is 0 Å². The summed E-state index contributed by atoms with van der Waals surface area (Å²) in [6.07, 6.45) is 6.83. The molecule has 0 aromatic carbocycles. The molecule has 0 atom stereocenters. The van der Waals surface area contributed by atoms with Crippen LogP contribution in [0.25, 0.3) is 0 Å². The molecule has 8 radical (unpaired) electrons. The third-order valence-corrected chi connectivity index (χ3v) is 2.67. The zero-order valence-corrected chi connectivity index (χ0v) is 17.9. The third-order valence-electron chi connectivity index (χ3n) is 1.42. The standard InChI is InChI=1S/3C4H9.C3HBrNS.Sn/c3*1-3-4-2;4-3-1-6-2-5-3;/h3*1,3-4H2,2H3;1H;. The van der Waals surface area contributed by atoms with Gasteiger partial charge in [-0.05, 0) is 15.9 Å². The van der Waals surface area contributed by atoms with Crippen molar-refractivity contribution in [2.75, 3.05) is 0 Å². The molecule has 0 spiro atoms. The van der Waals surface area contributed by atoms with Gasteiger partial charge in [0.1, 0.15) is 4.60 Å². The molecule has 19 heavy (non-hydrogen) atoms. The first-order valence-electron chi connectivity index (χ1n) is 6.49. The number of thiazole rings is 1. The number of hydrogen-bond donors (Lipinski definition) is 0. The number of aromatic nitrogens is 1. The maximum Gasteiger partial charge on any atom is 0.153 e. The van der Waals surface area contributed by atoms with Gasteiger partial charge in [0.2, 0.25) is 0 Å². The first-order valence-corrected chi connectivity index (χ1v) is 8.16. The monoisotopic (exact) mass is 453 g/mol. The Kier molecular flexibility index (Phi) is 46.4. The molecule has 1 rings (SSSR count). The molecule has 1 aromatic heterocycles. The van der Waals surface area contributed by atoms with Crippen LogP contribution in [0.5, 0.6) is 0 Å². The Morgan fingerprint density at radius 3 is 1.42 bits per heavy atom. The number of unbranched alkanes of at least 4 members (excludes halogenated alkanes) is 3. The van der Waals surface area contributed by atoms with E-state index < -0.39 is 0 Å². The van der Waals surface area contributed by atoms with Crippen molar-refractivity contribution < 1.29 is 0 Å². The van der Waals surface area contributed by atoms with Crippen LogP contribution in [0, 0.1) is 26.3 Å². The van der Waals surface area contributed by atoms with E-state index in [9.17, 15) is 0 Å². The molecule has 0 unspecified atom stereocenters. The molecule has 0 fully saturated rings. The number of rotatable bonds is 3. The number of hydrogen-bond acceptors (Lipinski definition) is 2. The smallest absolute Gasteiger partial charge is 0.153 e. The van der Waals surface area contributed by atoms with Crippen LogP contribution in [0.3, 0.4) is 0 Å². The van der Waals surface area contributed by atoms with Gasteiger partial charge < -0.3 is 0 Å². The SMILES string of the molecule is Brc1cs[c]n1.[CH2]CCC.[CH2]CCC.[CH2]CCC.[Sn]. The fourth-order valence-corrected chi connectivity index (χ4v) is 1.01. The summed E-state index contributed by atoms with van der Waals surface area (Å²) in [4.78, 5) is 3.73. The van der Waals surface area contributed by atoms with Gasteiger partial charge in [0.15, 0.2) is 5.51 Å². The molecule has 4 heteroatoms. The van der Waals surface area contributed by atoms with E-state index in [2.05, 4.69) is 68.0 Å². The van der Waals surface area contributed by atoms with E-state index in [1.807, 2.05) is 5.38 Å². The minimum absolute atomic E-state index is 0. The number of nitrogens with zero attached hydrogens (tertiary/aromatic N) is 1. The van der Waals surface area contributed by atoms with Crippen molar-refractivity contribution >= 4 is 51.2 Å². The molecule has 0 aliphatic heterocycles. The Balaban J connectivity index is -0.0000000796. The summed E-state index contributed by atoms with van der Waals surface area (Å²) in [5.74, 6) is 0. The third kappa shape index (κ3) is 45.4. The van der Waals surface area contributed by atoms with Crippen LogP contribution in [0.4, 0.5) is 0 Å². The molecule has 1 aromatic rings. The van der Waals surface area contributed by atoms with Gasteiger partial charge in [0.05, 0.1) is 0 Å². The molecule has 0 aliphatic carbocycles. The summed E-state index contributed by atoms with van der Waals surface area (Å²) in [6.45, 7) is 17.2. The van der Waals surface area contributed by atoms with Crippen molar-refractivity contribution in [3.8, 4) is 0 Å². The van der Waals surface area contributed by atoms with Crippen molar-refractivity contribution in [2.45, 2.75) is 59.3 Å². The van der Waals surface area contributed by atoms with Gasteiger partial charge in [0.25, 0.3) is 0 Å². The zero-order valence-electron chi connectivity index (χ0n) is 12.7. The molecular formula is C15H28BrNSSn. The Hall–Kier alpha value is 0.909. The quantitative estimate of drug-likeness (QED) is 0.498. The minimum Gasteiger partial charge on any atom is -0.227 e. The van der Waals surface area contributed by atoms with E-state index in [1.54, 1.807) is 0 Å². The molecule has 0 saturated heterocycles. The Morgan fingerprint density at radius 1 is 1.05 bits per heavy atom. The van der Waals surface area contributed by atoms with E-state index in [0.717, 1.165) is 23.9 Å². The second kappa shape index (κ2) is 31.3. The predicted octanol–water partition coefficient (Wildman–Crippen LogP) is 6.19. The molecular weight excluding hydrogens is 425 g/mol. The van der Waals surface area contributed by atoms with Gasteiger partial charge in [-0.15, -0.1) is 11.3 Å². The van der Waals surface area contributed by atoms with E-state index >= 15 is 0 Å². The van der Waals surface area contributed by atoms with Crippen molar-refractivity contribution in [1.82, 2.24) is 4.98 Å². The summed E-state index contributed by atoms with van der Waals surface area (Å²) in [5, 5.41) is 1.88. The first-order chi connectivity index (χ1) is 8.64. The van der Waals surface area contributed by atoms with Crippen molar-refractivity contribution in [1.29, 1.82) is 0 Å². The Morgan fingerprint density at radius 2 is 1.37 bits per heavy atom. The minimum atomic E-state index is 0. The van der Waals surface area contributed by atoms with Crippen LogP contribution in [-0.2, 0) is 0 Å². The van der Waals surface area contributed by atoms with Crippen molar-refractivity contribution in [3.05, 3.63) is 36.3 Å². The zero-order chi connectivity index (χ0) is 14.6. The molecule has 110 valence electrons. The van der Waals surface area contributed by atoms with Gasteiger partial charge in [-0.3, -0.25) is 0 Å². The Labute approximate surface area is 151 Å². The van der Waals surface area contributed by atoms with Gasteiger partial charge in [-0.25, -0.2) is 4.98 Å². The second-order valence-corrected chi connectivity index (χ2v) is 4.79. The maximum absolute atomic E-state index is 3.73. The van der Waals surface area contributed by atoms with Crippen LogP contribution in [0.2, 0.25) is 0 Å². The van der Waals surface area contributed by atoms with Gasteiger partial charge in [0, 0.05) is 29.3 Å². The molecule has 0 saturated carbocycles. The van der Waals surface area contributed by atoms with Crippen molar-refractivity contribution in [2.24, 2.45) is 0 Å². The van der Waals surface area contributed by atoms with E-state index in [1.165, 1.54) is 30.6 Å². The summed E-state index contributed by atoms with van der Waals surface area (Å²) in [5.41, 5.74) is 2.67. The average molecular weight is 453 g/mol. The molecule has 0 aliphatic rings. The van der Waals surface area contributed by atoms with Gasteiger partial charge >= 0.3 is 0 Å². The topological polar surface area (TPSA) is 12.9 Å². The van der Waals surface area contributed by atoms with Crippen LogP contribution in [0.15, 0.2) is 9.98 Å². The summed E-state index contributed by atoms with van der Waals surface area (Å²) < 4.78 is 0.868. The summed E-state index contributed by atoms with van der Waals surface area (Å²) in [7, 11) is 0. The van der Waals surface area contributed by atoms with Gasteiger partial charge in [-0.1, -0.05) is 80.1 Å².